The summed E-state index contributed by atoms with van der Waals surface area (Å²) in [5.41, 5.74) is 0. The summed E-state index contributed by atoms with van der Waals surface area (Å²) in [6, 6.07) is 0. The summed E-state index contributed by atoms with van der Waals surface area (Å²) in [6.07, 6.45) is 0. The van der Waals surface area contributed by atoms with E-state index >= 15 is 0 Å². The molecule has 0 atom stereocenters. The quantitative estimate of drug-likeness (QED) is 0.453. The molecule has 1 aliphatic rings. The third-order valence-corrected chi connectivity index (χ3v) is 0.846. The second-order valence-corrected chi connectivity index (χ2v) is 1.36. The molecule has 1 N–H and O–H groups in total. The van der Waals surface area contributed by atoms with Gasteiger partial charge in [0.15, 0.2) is 0 Å². The van der Waals surface area contributed by atoms with Crippen LogP contribution in [-0.2, 0) is 4.74 Å². The first-order valence-corrected chi connectivity index (χ1v) is 2.28. The zero-order valence-electron chi connectivity index (χ0n) is 4.24. The van der Waals surface area contributed by atoms with Crippen molar-refractivity contribution in [3.8, 4) is 0 Å². The molecule has 3 heteroatoms. The van der Waals surface area contributed by atoms with E-state index in [4.69, 9.17) is 4.74 Å². The average molecular weight is 168 g/mol. The van der Waals surface area contributed by atoms with Crippen LogP contribution in [0.15, 0.2) is 0 Å². The second-order valence-electron chi connectivity index (χ2n) is 1.36. The van der Waals surface area contributed by atoms with Gasteiger partial charge >= 0.3 is 17.1 Å². The van der Waals surface area contributed by atoms with E-state index in [1.165, 1.54) is 0 Å². The van der Waals surface area contributed by atoms with Crippen molar-refractivity contribution in [2.24, 2.45) is 0 Å². The van der Waals surface area contributed by atoms with Gasteiger partial charge in [-0.15, -0.1) is 0 Å². The number of hydrogen-bond acceptors (Lipinski definition) is 2. The fourth-order valence-electron chi connectivity index (χ4n) is 0.516. The van der Waals surface area contributed by atoms with Crippen LogP contribution in [0.5, 0.6) is 0 Å². The topological polar surface area (TPSA) is 21.3 Å². The molecule has 1 saturated heterocycles. The Kier molecular flexibility index (Phi) is 4.88. The van der Waals surface area contributed by atoms with Gasteiger partial charge in [0, 0.05) is 13.1 Å². The van der Waals surface area contributed by atoms with Gasteiger partial charge in [0.05, 0.1) is 13.2 Å². The van der Waals surface area contributed by atoms with Crippen molar-refractivity contribution in [1.82, 2.24) is 5.32 Å². The van der Waals surface area contributed by atoms with Crippen LogP contribution in [0.4, 0.5) is 0 Å². The monoisotopic (exact) mass is 169 g/mol. The number of nitrogens with one attached hydrogen (secondary N) is 1. The first kappa shape index (κ1) is 7.44. The summed E-state index contributed by atoms with van der Waals surface area (Å²) in [4.78, 5) is 0. The molecule has 0 spiro atoms. The van der Waals surface area contributed by atoms with E-state index in [9.17, 15) is 0 Å². The molecule has 1 heterocycles. The van der Waals surface area contributed by atoms with Crippen LogP contribution in [0.2, 0.25) is 0 Å². The molecule has 0 saturated carbocycles. The van der Waals surface area contributed by atoms with Crippen molar-refractivity contribution in [1.29, 1.82) is 0 Å². The van der Waals surface area contributed by atoms with E-state index in [1.54, 1.807) is 0 Å². The molecular weight excluding hydrogens is 157 g/mol. The average Bonchev–Trinajstić information content (AvgIpc) is 1.72. The molecule has 0 aliphatic carbocycles. The number of rotatable bonds is 0. The summed E-state index contributed by atoms with van der Waals surface area (Å²) in [6.45, 7) is 3.83. The fourth-order valence-corrected chi connectivity index (χ4v) is 0.516. The first-order chi connectivity index (χ1) is 3.00. The summed E-state index contributed by atoms with van der Waals surface area (Å²) in [7, 11) is 0. The van der Waals surface area contributed by atoms with Crippen LogP contribution >= 0.6 is 0 Å². The van der Waals surface area contributed by atoms with Gasteiger partial charge in [0.2, 0.25) is 0 Å². The van der Waals surface area contributed by atoms with Crippen molar-refractivity contribution in [3.63, 3.8) is 0 Å². The molecule has 0 bridgehead atoms. The van der Waals surface area contributed by atoms with Crippen LogP contribution in [0.25, 0.3) is 0 Å². The molecule has 0 aromatic heterocycles. The van der Waals surface area contributed by atoms with Gasteiger partial charge in [0.25, 0.3) is 0 Å². The SMILES string of the molecule is C1COCCN1.[SeH2]. The summed E-state index contributed by atoms with van der Waals surface area (Å²) < 4.78 is 5.01. The van der Waals surface area contributed by atoms with E-state index in [0.29, 0.717) is 0 Å². The summed E-state index contributed by atoms with van der Waals surface area (Å²) in [5.74, 6) is 0. The Balaban J connectivity index is 0.000000360. The normalized spacial score (nSPS) is 20.6. The van der Waals surface area contributed by atoms with E-state index in [0.717, 1.165) is 26.3 Å². The molecule has 0 aromatic carbocycles. The number of hydrogen-bond donors (Lipinski definition) is 1. The van der Waals surface area contributed by atoms with E-state index in [-0.39, 0.29) is 17.1 Å². The van der Waals surface area contributed by atoms with Gasteiger partial charge < -0.3 is 10.1 Å². The summed E-state index contributed by atoms with van der Waals surface area (Å²) in [5, 5.41) is 3.16. The van der Waals surface area contributed by atoms with Crippen LogP contribution in [0, 0.1) is 0 Å². The van der Waals surface area contributed by atoms with Gasteiger partial charge in [-0.05, 0) is 0 Å². The minimum atomic E-state index is 0. The molecule has 0 aromatic rings. The van der Waals surface area contributed by atoms with E-state index < -0.39 is 0 Å². The predicted molar refractivity (Wildman–Crippen MR) is 32.2 cm³/mol. The first-order valence-electron chi connectivity index (χ1n) is 2.28. The molecular formula is C4H11NOSe. The fraction of sp³-hybridized carbons (Fsp3) is 1.00. The standard InChI is InChI=1S/C4H9NO.H2Se/c1-3-6-4-2-5-1;/h5H,1-4H2;1H2. The summed E-state index contributed by atoms with van der Waals surface area (Å²) >= 11 is 0. The molecule has 44 valence electrons. The molecule has 0 amide bonds. The van der Waals surface area contributed by atoms with E-state index in [1.807, 2.05) is 0 Å². The molecule has 0 unspecified atom stereocenters. The maximum atomic E-state index is 5.01. The van der Waals surface area contributed by atoms with Crippen LogP contribution in [0.1, 0.15) is 0 Å². The Labute approximate surface area is 54.1 Å². The molecule has 1 fully saturated rings. The van der Waals surface area contributed by atoms with Crippen molar-refractivity contribution >= 4 is 17.1 Å². The Hall–Kier alpha value is 0.439. The van der Waals surface area contributed by atoms with Gasteiger partial charge in [-0.2, -0.15) is 0 Å². The van der Waals surface area contributed by atoms with Crippen molar-refractivity contribution in [2.75, 3.05) is 26.3 Å². The Morgan fingerprint density at radius 1 is 1.14 bits per heavy atom. The molecule has 2 nitrogen and oxygen atoms in total. The third-order valence-electron chi connectivity index (χ3n) is 0.846. The van der Waals surface area contributed by atoms with Crippen LogP contribution < -0.4 is 5.32 Å². The van der Waals surface area contributed by atoms with Gasteiger partial charge in [-0.1, -0.05) is 0 Å². The molecule has 1 rings (SSSR count). The van der Waals surface area contributed by atoms with Crippen molar-refractivity contribution in [3.05, 3.63) is 0 Å². The van der Waals surface area contributed by atoms with Gasteiger partial charge in [-0.3, -0.25) is 0 Å². The van der Waals surface area contributed by atoms with Crippen LogP contribution in [0.3, 0.4) is 0 Å². The number of morpholine rings is 1. The Bertz CT molecular complexity index is 27.2. The van der Waals surface area contributed by atoms with Gasteiger partial charge in [-0.25, -0.2) is 0 Å². The predicted octanol–water partition coefficient (Wildman–Crippen LogP) is -1.31. The molecule has 7 heavy (non-hydrogen) atoms. The zero-order chi connectivity index (χ0) is 4.24. The van der Waals surface area contributed by atoms with Gasteiger partial charge in [0.1, 0.15) is 0 Å². The molecule has 0 radical (unpaired) electrons. The maximum absolute atomic E-state index is 5.01. The van der Waals surface area contributed by atoms with Crippen molar-refractivity contribution < 1.29 is 4.74 Å². The Morgan fingerprint density at radius 3 is 1.86 bits per heavy atom. The van der Waals surface area contributed by atoms with Crippen LogP contribution in [-0.4, -0.2) is 43.4 Å². The van der Waals surface area contributed by atoms with Crippen molar-refractivity contribution in [2.45, 2.75) is 0 Å². The third kappa shape index (κ3) is 3.06. The second kappa shape index (κ2) is 4.59. The minimum absolute atomic E-state index is 0. The zero-order valence-corrected chi connectivity index (χ0v) is 6.33. The van der Waals surface area contributed by atoms with E-state index in [2.05, 4.69) is 5.32 Å². The Morgan fingerprint density at radius 2 is 1.71 bits per heavy atom. The number of ether oxygens (including phenoxy) is 1. The molecule has 1 aliphatic heterocycles.